The van der Waals surface area contributed by atoms with Gasteiger partial charge in [-0.3, -0.25) is 9.69 Å². The predicted octanol–water partition coefficient (Wildman–Crippen LogP) is 8.15. The van der Waals surface area contributed by atoms with Crippen LogP contribution < -0.4 is 20.7 Å². The minimum absolute atomic E-state index is 0.00531. The van der Waals surface area contributed by atoms with Gasteiger partial charge in [-0.2, -0.15) is 4.98 Å². The first-order valence-corrected chi connectivity index (χ1v) is 18.9. The molecule has 0 radical (unpaired) electrons. The summed E-state index contributed by atoms with van der Waals surface area (Å²) in [5.74, 6) is -1.88. The van der Waals surface area contributed by atoms with Gasteiger partial charge in [0.25, 0.3) is 0 Å². The Morgan fingerprint density at radius 2 is 1.71 bits per heavy atom. The quantitative estimate of drug-likeness (QED) is 0.135. The van der Waals surface area contributed by atoms with Crippen molar-refractivity contribution in [2.24, 2.45) is 0 Å². The molecule has 0 aliphatic carbocycles. The molecule has 1 fully saturated rings. The maximum atomic E-state index is 15.3. The molecule has 0 bridgehead atoms. The van der Waals surface area contributed by atoms with E-state index in [0.717, 1.165) is 12.3 Å². The molecule has 2 amide bonds. The molecule has 3 aromatic rings. The molecule has 4 rings (SSSR count). The third-order valence-electron chi connectivity index (χ3n) is 8.21. The molecule has 1 saturated heterocycles. The molecule has 3 N–H and O–H groups in total. The Labute approximate surface area is 287 Å². The highest BCUT2D eigenvalue weighted by Crippen LogP contribution is 2.39. The number of halogens is 2. The second-order valence-corrected chi connectivity index (χ2v) is 19.1. The largest absolute Gasteiger partial charge is 0.488 e. The lowest BCUT2D eigenvalue weighted by atomic mass is 10.2. The number of rotatable bonds is 11. The highest BCUT2D eigenvalue weighted by Gasteiger charge is 2.44. The lowest BCUT2D eigenvalue weighted by Gasteiger charge is -2.38. The molecule has 14 heteroatoms. The van der Waals surface area contributed by atoms with Crippen LogP contribution in [0.2, 0.25) is 18.1 Å². The van der Waals surface area contributed by atoms with Crippen molar-refractivity contribution in [2.75, 3.05) is 29.1 Å². The fourth-order valence-electron chi connectivity index (χ4n) is 4.79. The number of aromatic nitrogens is 2. The summed E-state index contributed by atoms with van der Waals surface area (Å²) in [6.45, 7) is 20.1. The highest BCUT2D eigenvalue weighted by atomic mass is 28.4. The maximum absolute atomic E-state index is 15.3. The van der Waals surface area contributed by atoms with Crippen molar-refractivity contribution in [1.82, 2.24) is 14.9 Å². The second-order valence-electron chi connectivity index (χ2n) is 14.4. The van der Waals surface area contributed by atoms with Crippen LogP contribution in [0.15, 0.2) is 61.3 Å². The van der Waals surface area contributed by atoms with Gasteiger partial charge in [-0.15, -0.1) is 0 Å². The summed E-state index contributed by atoms with van der Waals surface area (Å²) >= 11 is 0. The van der Waals surface area contributed by atoms with Crippen LogP contribution in [0.4, 0.5) is 42.4 Å². The van der Waals surface area contributed by atoms with E-state index in [-0.39, 0.29) is 47.2 Å². The van der Waals surface area contributed by atoms with Gasteiger partial charge in [0, 0.05) is 29.7 Å². The van der Waals surface area contributed by atoms with Crippen LogP contribution in [-0.2, 0) is 14.0 Å². The van der Waals surface area contributed by atoms with Crippen molar-refractivity contribution in [3.63, 3.8) is 0 Å². The van der Waals surface area contributed by atoms with Crippen LogP contribution >= 0.6 is 0 Å². The number of carbonyl (C=O) groups excluding carboxylic acids is 2. The summed E-state index contributed by atoms with van der Waals surface area (Å²) in [4.78, 5) is 34.5. The van der Waals surface area contributed by atoms with E-state index >= 15 is 4.39 Å². The number of carbonyl (C=O) groups is 2. The van der Waals surface area contributed by atoms with E-state index in [0.29, 0.717) is 30.0 Å². The topological polar surface area (TPSA) is 127 Å². The fourth-order valence-corrected chi connectivity index (χ4v) is 6.14. The molecule has 1 aliphatic heterocycles. The Kier molecular flexibility index (Phi) is 11.3. The average Bonchev–Trinajstić information content (AvgIpc) is 3.39. The number of likely N-dealkylation sites (tertiary alicyclic amines) is 1. The number of nitrogens with zero attached hydrogens (tertiary/aromatic N) is 3. The van der Waals surface area contributed by atoms with E-state index in [1.54, 1.807) is 35.2 Å². The summed E-state index contributed by atoms with van der Waals surface area (Å²) in [7, 11) is -2.12. The standard InChI is InChI=1S/C35H46F2N6O5Si/c1-10-30(44)39-22-12-11-13-23(16-22)40-31-28(37)19-38-32(42-31)41-24-14-15-29(27(36)17-24)46-21-25-18-26(48-49(8,9)35(5,6)7)20-43(25)33(45)47-34(2,3)4/h10-17,19,25-26H,1,18,20-21H2,2-9H3,(H,39,44)(H2,38,40,41,42)/t25-,26+/m0/s1. The number of benzene rings is 2. The predicted molar refractivity (Wildman–Crippen MR) is 189 cm³/mol. The van der Waals surface area contributed by atoms with Crippen LogP contribution in [0.3, 0.4) is 0 Å². The van der Waals surface area contributed by atoms with Gasteiger partial charge in [0.1, 0.15) is 12.2 Å². The Hall–Kier alpha value is -4.56. The summed E-state index contributed by atoms with van der Waals surface area (Å²) in [5, 5.41) is 8.36. The van der Waals surface area contributed by atoms with E-state index in [4.69, 9.17) is 13.9 Å². The molecular formula is C35H46F2N6O5Si. The van der Waals surface area contributed by atoms with Crippen molar-refractivity contribution in [1.29, 1.82) is 0 Å². The first-order chi connectivity index (χ1) is 22.8. The van der Waals surface area contributed by atoms with Gasteiger partial charge in [0.2, 0.25) is 11.9 Å². The zero-order chi connectivity index (χ0) is 36.1. The number of hydrogen-bond donors (Lipinski definition) is 3. The Morgan fingerprint density at radius 1 is 1.02 bits per heavy atom. The van der Waals surface area contributed by atoms with Crippen LogP contribution in [0.25, 0.3) is 0 Å². The van der Waals surface area contributed by atoms with E-state index < -0.39 is 31.6 Å². The Morgan fingerprint density at radius 3 is 2.37 bits per heavy atom. The molecular weight excluding hydrogens is 651 g/mol. The smallest absolute Gasteiger partial charge is 0.410 e. The van der Waals surface area contributed by atoms with Gasteiger partial charge < -0.3 is 29.9 Å². The van der Waals surface area contributed by atoms with E-state index in [1.807, 2.05) is 20.8 Å². The van der Waals surface area contributed by atoms with E-state index in [9.17, 15) is 14.0 Å². The van der Waals surface area contributed by atoms with Gasteiger partial charge in [0.15, 0.2) is 31.5 Å². The summed E-state index contributed by atoms with van der Waals surface area (Å²) in [6, 6.07) is 10.5. The van der Waals surface area contributed by atoms with Crippen molar-refractivity contribution in [3.05, 3.63) is 73.0 Å². The maximum Gasteiger partial charge on any atom is 0.410 e. The number of amides is 2. The first kappa shape index (κ1) is 37.3. The minimum atomic E-state index is -2.12. The number of hydrogen-bond acceptors (Lipinski definition) is 9. The second kappa shape index (κ2) is 14.9. The van der Waals surface area contributed by atoms with Crippen molar-refractivity contribution in [3.8, 4) is 5.75 Å². The molecule has 1 aliphatic rings. The van der Waals surface area contributed by atoms with Crippen LogP contribution in [0.5, 0.6) is 5.75 Å². The lowest BCUT2D eigenvalue weighted by Crippen LogP contribution is -2.45. The lowest BCUT2D eigenvalue weighted by molar-refractivity contribution is -0.111. The normalized spacial score (nSPS) is 16.6. The molecule has 2 aromatic carbocycles. The Balaban J connectivity index is 1.43. The fraction of sp³-hybridized carbons (Fsp3) is 0.429. The monoisotopic (exact) mass is 696 g/mol. The summed E-state index contributed by atoms with van der Waals surface area (Å²) in [5.41, 5.74) is 0.556. The van der Waals surface area contributed by atoms with Gasteiger partial charge in [-0.1, -0.05) is 33.4 Å². The number of ether oxygens (including phenoxy) is 2. The van der Waals surface area contributed by atoms with Gasteiger partial charge >= 0.3 is 6.09 Å². The third-order valence-corrected chi connectivity index (χ3v) is 12.7. The zero-order valence-corrected chi connectivity index (χ0v) is 30.3. The molecule has 0 saturated carbocycles. The van der Waals surface area contributed by atoms with E-state index in [1.165, 1.54) is 12.1 Å². The molecule has 2 atom stereocenters. The molecule has 0 unspecified atom stereocenters. The SMILES string of the molecule is C=CC(=O)Nc1cccc(Nc2nc(Nc3ccc(OC[C@@H]4C[C@@H](O[Si](C)(C)C(C)(C)C)CN4C(=O)OC(C)(C)C)c(F)c3)ncc2F)c1. The molecule has 264 valence electrons. The molecule has 11 nitrogen and oxygen atoms in total. The van der Waals surface area contributed by atoms with Gasteiger partial charge in [-0.25, -0.2) is 18.6 Å². The molecule has 49 heavy (non-hydrogen) atoms. The minimum Gasteiger partial charge on any atom is -0.488 e. The third kappa shape index (κ3) is 10.2. The number of nitrogens with one attached hydrogen (secondary N) is 3. The molecule has 2 heterocycles. The van der Waals surface area contributed by atoms with Gasteiger partial charge in [-0.05, 0) is 81.7 Å². The summed E-state index contributed by atoms with van der Waals surface area (Å²) < 4.78 is 48.1. The summed E-state index contributed by atoms with van der Waals surface area (Å²) in [6.07, 6.45) is 1.98. The molecule has 0 spiro atoms. The zero-order valence-electron chi connectivity index (χ0n) is 29.3. The highest BCUT2D eigenvalue weighted by molar-refractivity contribution is 6.74. The van der Waals surface area contributed by atoms with Crippen molar-refractivity contribution < 1.29 is 32.3 Å². The van der Waals surface area contributed by atoms with Crippen molar-refractivity contribution >= 4 is 49.1 Å². The number of anilines is 5. The average molecular weight is 697 g/mol. The first-order valence-electron chi connectivity index (χ1n) is 16.0. The van der Waals surface area contributed by atoms with Crippen LogP contribution in [-0.4, -0.2) is 66.1 Å². The van der Waals surface area contributed by atoms with E-state index in [2.05, 4.69) is 66.4 Å². The van der Waals surface area contributed by atoms with Gasteiger partial charge in [0.05, 0.1) is 18.3 Å². The van der Waals surface area contributed by atoms with Crippen molar-refractivity contribution in [2.45, 2.75) is 83.8 Å². The van der Waals surface area contributed by atoms with Crippen LogP contribution in [0.1, 0.15) is 48.0 Å². The Bertz CT molecular complexity index is 1680. The molecule has 1 aromatic heterocycles. The van der Waals surface area contributed by atoms with Crippen LogP contribution in [0, 0.1) is 11.6 Å².